The first-order valence-electron chi connectivity index (χ1n) is 14.7. The van der Waals surface area contributed by atoms with E-state index >= 15 is 0 Å². The summed E-state index contributed by atoms with van der Waals surface area (Å²) in [6.45, 7) is 3.17. The molecule has 0 bridgehead atoms. The minimum atomic E-state index is -0.721. The maximum absolute atomic E-state index is 14.4. The van der Waals surface area contributed by atoms with Crippen molar-refractivity contribution in [3.63, 3.8) is 0 Å². The van der Waals surface area contributed by atoms with E-state index in [4.69, 9.17) is 4.52 Å². The van der Waals surface area contributed by atoms with Crippen LogP contribution in [-0.4, -0.2) is 49.3 Å². The lowest BCUT2D eigenvalue weighted by Crippen LogP contribution is -2.52. The van der Waals surface area contributed by atoms with E-state index in [-0.39, 0.29) is 18.4 Å². The first-order valence-corrected chi connectivity index (χ1v) is 14.7. The summed E-state index contributed by atoms with van der Waals surface area (Å²) in [6, 6.07) is 27.1. The van der Waals surface area contributed by atoms with Gasteiger partial charge in [-0.05, 0) is 47.2 Å². The van der Waals surface area contributed by atoms with Gasteiger partial charge in [-0.25, -0.2) is 9.97 Å². The molecule has 0 radical (unpaired) electrons. The number of hydrogen-bond acceptors (Lipinski definition) is 6. The van der Waals surface area contributed by atoms with Crippen molar-refractivity contribution in [2.24, 2.45) is 0 Å². The van der Waals surface area contributed by atoms with Gasteiger partial charge in [-0.2, -0.15) is 0 Å². The van der Waals surface area contributed by atoms with Crippen LogP contribution in [0.1, 0.15) is 33.7 Å². The largest absolute Gasteiger partial charge is 0.361 e. The van der Waals surface area contributed by atoms with Crippen molar-refractivity contribution in [1.29, 1.82) is 0 Å². The van der Waals surface area contributed by atoms with Crippen LogP contribution in [0.3, 0.4) is 0 Å². The monoisotopic (exact) mass is 583 g/mol. The minimum Gasteiger partial charge on any atom is -0.361 e. The normalized spacial score (nSPS) is 13.4. The zero-order valence-corrected chi connectivity index (χ0v) is 24.5. The van der Waals surface area contributed by atoms with Crippen LogP contribution in [0.2, 0.25) is 0 Å². The third-order valence-corrected chi connectivity index (χ3v) is 7.90. The second kappa shape index (κ2) is 13.3. The fourth-order valence-corrected chi connectivity index (χ4v) is 5.57. The van der Waals surface area contributed by atoms with Crippen molar-refractivity contribution in [3.8, 4) is 11.1 Å². The average Bonchev–Trinajstić information content (AvgIpc) is 3.50. The summed E-state index contributed by atoms with van der Waals surface area (Å²) in [7, 11) is 0. The maximum atomic E-state index is 14.4. The molecule has 2 amide bonds. The Labute approximate surface area is 256 Å². The number of aromatic nitrogens is 3. The van der Waals surface area contributed by atoms with Crippen molar-refractivity contribution in [2.45, 2.75) is 38.9 Å². The molecule has 1 aliphatic heterocycles. The molecule has 0 aliphatic carbocycles. The highest BCUT2D eigenvalue weighted by Crippen LogP contribution is 2.24. The summed E-state index contributed by atoms with van der Waals surface area (Å²) < 4.78 is 5.18. The first-order chi connectivity index (χ1) is 21.5. The molecule has 1 aliphatic rings. The number of hydrogen-bond donors (Lipinski definition) is 0. The second-order valence-corrected chi connectivity index (χ2v) is 11.0. The Morgan fingerprint density at radius 2 is 1.64 bits per heavy atom. The molecule has 0 fully saturated rings. The van der Waals surface area contributed by atoms with Gasteiger partial charge in [-0.1, -0.05) is 84.0 Å². The van der Waals surface area contributed by atoms with Crippen LogP contribution in [0.5, 0.6) is 0 Å². The lowest BCUT2D eigenvalue weighted by atomic mass is 9.97. The summed E-state index contributed by atoms with van der Waals surface area (Å²) in [5.41, 5.74) is 6.71. The van der Waals surface area contributed by atoms with E-state index in [1.165, 1.54) is 18.0 Å². The molecule has 44 heavy (non-hydrogen) atoms. The summed E-state index contributed by atoms with van der Waals surface area (Å²) in [5, 5.41) is 3.99. The Morgan fingerprint density at radius 1 is 0.909 bits per heavy atom. The van der Waals surface area contributed by atoms with Gasteiger partial charge in [0.15, 0.2) is 0 Å². The Kier molecular flexibility index (Phi) is 8.68. The molecular weight excluding hydrogens is 550 g/mol. The van der Waals surface area contributed by atoms with E-state index in [0.717, 1.165) is 34.2 Å². The lowest BCUT2D eigenvalue weighted by Gasteiger charge is -2.36. The van der Waals surface area contributed by atoms with E-state index in [1.807, 2.05) is 71.6 Å². The molecule has 8 heteroatoms. The predicted octanol–water partition coefficient (Wildman–Crippen LogP) is 5.68. The fourth-order valence-electron chi connectivity index (χ4n) is 5.57. The summed E-state index contributed by atoms with van der Waals surface area (Å²) in [6.07, 6.45) is 9.30. The van der Waals surface area contributed by atoms with Crippen molar-refractivity contribution in [1.82, 2.24) is 24.9 Å². The van der Waals surface area contributed by atoms with Crippen LogP contribution in [-0.2, 0) is 35.5 Å². The van der Waals surface area contributed by atoms with Crippen LogP contribution in [0.15, 0.2) is 114 Å². The molecule has 3 heterocycles. The van der Waals surface area contributed by atoms with Crippen molar-refractivity contribution < 1.29 is 14.1 Å². The fraction of sp³-hybridized carbons (Fsp3) is 0.194. The molecule has 0 saturated carbocycles. The molecule has 6 rings (SSSR count). The van der Waals surface area contributed by atoms with Gasteiger partial charge in [-0.15, -0.1) is 0 Å². The van der Waals surface area contributed by atoms with Crippen molar-refractivity contribution in [2.75, 3.05) is 6.54 Å². The summed E-state index contributed by atoms with van der Waals surface area (Å²) in [5.74, 6) is 0.304. The number of carbonyl (C=O) groups is 2. The van der Waals surface area contributed by atoms with Crippen molar-refractivity contribution >= 4 is 17.9 Å². The minimum absolute atomic E-state index is 0.0690. The number of fused-ring (bicyclic) bond motifs is 1. The molecule has 8 nitrogen and oxygen atoms in total. The number of nitrogens with zero attached hydrogens (tertiary/aromatic N) is 5. The van der Waals surface area contributed by atoms with Gasteiger partial charge in [-0.3, -0.25) is 9.59 Å². The molecule has 3 aromatic carbocycles. The molecule has 0 spiro atoms. The molecule has 2 aromatic heterocycles. The quantitative estimate of drug-likeness (QED) is 0.208. The van der Waals surface area contributed by atoms with Crippen LogP contribution >= 0.6 is 0 Å². The smallest absolute Gasteiger partial charge is 0.247 e. The summed E-state index contributed by atoms with van der Waals surface area (Å²) >= 11 is 0. The number of rotatable bonds is 9. The molecular formula is C36H33N5O3. The Balaban J connectivity index is 1.34. The van der Waals surface area contributed by atoms with Crippen molar-refractivity contribution in [3.05, 3.63) is 143 Å². The Morgan fingerprint density at radius 3 is 2.36 bits per heavy atom. The third-order valence-electron chi connectivity index (χ3n) is 7.90. The number of benzene rings is 3. The molecule has 1 unspecified atom stereocenters. The van der Waals surface area contributed by atoms with E-state index in [9.17, 15) is 9.59 Å². The van der Waals surface area contributed by atoms with Gasteiger partial charge in [0.25, 0.3) is 0 Å². The van der Waals surface area contributed by atoms with Crippen LogP contribution < -0.4 is 0 Å². The van der Waals surface area contributed by atoms with Crippen LogP contribution in [0.4, 0.5) is 0 Å². The number of carbonyl (C=O) groups excluding carboxylic acids is 2. The average molecular weight is 584 g/mol. The molecule has 0 saturated heterocycles. The topological polar surface area (TPSA) is 92.4 Å². The molecule has 220 valence electrons. The highest BCUT2D eigenvalue weighted by molar-refractivity contribution is 5.95. The SMILES string of the molecule is Cc1cc(C=CC(=O)N(Cc2ccc(-c3cncnc3)cc2)C(Cc2ccccc2)C(=O)N2CCc3ccccc3C2)no1. The second-order valence-electron chi connectivity index (χ2n) is 11.0. The van der Waals surface area contributed by atoms with Gasteiger partial charge in [0.05, 0.1) is 0 Å². The first kappa shape index (κ1) is 28.7. The summed E-state index contributed by atoms with van der Waals surface area (Å²) in [4.78, 5) is 40.3. The highest BCUT2D eigenvalue weighted by Gasteiger charge is 2.34. The zero-order chi connectivity index (χ0) is 30.3. The zero-order valence-electron chi connectivity index (χ0n) is 24.5. The van der Waals surface area contributed by atoms with Gasteiger partial charge >= 0.3 is 0 Å². The predicted molar refractivity (Wildman–Crippen MR) is 168 cm³/mol. The van der Waals surface area contributed by atoms with Gasteiger partial charge in [0.1, 0.15) is 23.8 Å². The standard InChI is InChI=1S/C36H33N5O3/c1-26-19-33(39-44-26)15-16-35(42)41(23-28-11-13-30(14-12-28)32-21-37-25-38-22-32)34(20-27-7-3-2-4-8-27)36(43)40-18-17-29-9-5-6-10-31(29)24-40/h2-16,19,21-22,25,34H,17-18,20,23-24H2,1H3. The lowest BCUT2D eigenvalue weighted by molar-refractivity contribution is -0.144. The van der Waals surface area contributed by atoms with E-state index in [1.54, 1.807) is 36.4 Å². The maximum Gasteiger partial charge on any atom is 0.247 e. The van der Waals surface area contributed by atoms with E-state index in [0.29, 0.717) is 31.0 Å². The molecule has 5 aromatic rings. The highest BCUT2D eigenvalue weighted by atomic mass is 16.5. The van der Waals surface area contributed by atoms with Crippen LogP contribution in [0, 0.1) is 6.92 Å². The van der Waals surface area contributed by atoms with Gasteiger partial charge < -0.3 is 14.3 Å². The van der Waals surface area contributed by atoms with Gasteiger partial charge in [0.2, 0.25) is 11.8 Å². The third kappa shape index (κ3) is 6.81. The molecule has 0 N–H and O–H groups in total. The van der Waals surface area contributed by atoms with Gasteiger partial charge in [0, 0.05) is 56.2 Å². The van der Waals surface area contributed by atoms with E-state index < -0.39 is 6.04 Å². The number of amides is 2. The Bertz CT molecular complexity index is 1750. The molecule has 1 atom stereocenters. The Hall–Kier alpha value is -5.37. The van der Waals surface area contributed by atoms with Crippen LogP contribution in [0.25, 0.3) is 17.2 Å². The number of aryl methyl sites for hydroxylation is 1. The van der Waals surface area contributed by atoms with E-state index in [2.05, 4.69) is 27.3 Å².